The van der Waals surface area contributed by atoms with Gasteiger partial charge in [-0.25, -0.2) is 9.78 Å². The summed E-state index contributed by atoms with van der Waals surface area (Å²) in [6.07, 6.45) is 1.27. The first-order valence-electron chi connectivity index (χ1n) is 10.6. The van der Waals surface area contributed by atoms with Gasteiger partial charge in [0, 0.05) is 17.5 Å². The van der Waals surface area contributed by atoms with Crippen LogP contribution in [0.4, 0.5) is 11.5 Å². The standard InChI is InChI=1S/C24H20ClN5O5/c1-4-35-24(32)18-12-26-29(20-10-14(3)16-7-5-6-13(2)21(16)27-20)22(18)28-23(31)17-11-15(30(33)34)8-9-19(17)25/h5-12H,4H2,1-3H3,(H,28,31). The number of carbonyl (C=O) groups excluding carboxylic acids is 2. The van der Waals surface area contributed by atoms with Gasteiger partial charge in [0.05, 0.1) is 33.8 Å². The molecule has 0 aliphatic carbocycles. The summed E-state index contributed by atoms with van der Waals surface area (Å²) in [6, 6.07) is 11.1. The van der Waals surface area contributed by atoms with Gasteiger partial charge in [0.25, 0.3) is 11.6 Å². The van der Waals surface area contributed by atoms with Gasteiger partial charge in [-0.1, -0.05) is 29.8 Å². The van der Waals surface area contributed by atoms with Gasteiger partial charge in [-0.2, -0.15) is 9.78 Å². The molecule has 2 aromatic carbocycles. The number of aromatic nitrogens is 3. The zero-order chi connectivity index (χ0) is 25.3. The molecule has 4 aromatic rings. The summed E-state index contributed by atoms with van der Waals surface area (Å²) in [6.45, 7) is 5.61. The molecular weight excluding hydrogens is 474 g/mol. The predicted octanol–water partition coefficient (Wildman–Crippen LogP) is 5.03. The van der Waals surface area contributed by atoms with Crippen LogP contribution < -0.4 is 5.32 Å². The highest BCUT2D eigenvalue weighted by Gasteiger charge is 2.25. The number of pyridine rings is 1. The van der Waals surface area contributed by atoms with Crippen LogP contribution in [-0.4, -0.2) is 38.2 Å². The third kappa shape index (κ3) is 4.56. The Bertz CT molecular complexity index is 1500. The summed E-state index contributed by atoms with van der Waals surface area (Å²) in [4.78, 5) is 41.0. The lowest BCUT2D eigenvalue weighted by atomic mass is 10.1. The number of benzene rings is 2. The number of ether oxygens (including phenoxy) is 1. The van der Waals surface area contributed by atoms with Crippen molar-refractivity contribution in [2.24, 2.45) is 0 Å². The molecule has 1 N–H and O–H groups in total. The number of carbonyl (C=O) groups is 2. The van der Waals surface area contributed by atoms with Gasteiger partial charge in [-0.05, 0) is 44.0 Å². The van der Waals surface area contributed by atoms with Crippen LogP contribution in [0.25, 0.3) is 16.7 Å². The van der Waals surface area contributed by atoms with E-state index < -0.39 is 16.8 Å². The largest absolute Gasteiger partial charge is 0.462 e. The van der Waals surface area contributed by atoms with Crippen molar-refractivity contribution in [3.63, 3.8) is 0 Å². The number of nitrogens with one attached hydrogen (secondary N) is 1. The smallest absolute Gasteiger partial charge is 0.343 e. The molecule has 2 aromatic heterocycles. The molecule has 0 spiro atoms. The van der Waals surface area contributed by atoms with Crippen LogP contribution in [0.2, 0.25) is 5.02 Å². The first kappa shape index (κ1) is 23.8. The van der Waals surface area contributed by atoms with Crippen molar-refractivity contribution in [2.45, 2.75) is 20.8 Å². The predicted molar refractivity (Wildman–Crippen MR) is 130 cm³/mol. The Morgan fingerprint density at radius 2 is 1.91 bits per heavy atom. The second-order valence-corrected chi connectivity index (χ2v) is 8.09. The summed E-state index contributed by atoms with van der Waals surface area (Å²) in [5.41, 5.74) is 2.16. The van der Waals surface area contributed by atoms with Crippen molar-refractivity contribution in [2.75, 3.05) is 11.9 Å². The minimum atomic E-state index is -0.764. The van der Waals surface area contributed by atoms with E-state index in [1.807, 2.05) is 32.0 Å². The Morgan fingerprint density at radius 3 is 2.63 bits per heavy atom. The highest BCUT2D eigenvalue weighted by Crippen LogP contribution is 2.28. The van der Waals surface area contributed by atoms with Crippen molar-refractivity contribution in [3.05, 3.63) is 86.1 Å². The molecule has 0 radical (unpaired) electrons. The van der Waals surface area contributed by atoms with E-state index in [2.05, 4.69) is 10.4 Å². The van der Waals surface area contributed by atoms with Gasteiger partial charge in [0.2, 0.25) is 0 Å². The van der Waals surface area contributed by atoms with E-state index in [0.717, 1.165) is 28.1 Å². The first-order valence-corrected chi connectivity index (χ1v) is 11.0. The highest BCUT2D eigenvalue weighted by molar-refractivity contribution is 6.34. The van der Waals surface area contributed by atoms with E-state index in [9.17, 15) is 19.7 Å². The number of hydrogen-bond acceptors (Lipinski definition) is 7. The van der Waals surface area contributed by atoms with Crippen LogP contribution >= 0.6 is 11.6 Å². The number of esters is 1. The van der Waals surface area contributed by atoms with E-state index in [0.29, 0.717) is 5.82 Å². The number of fused-ring (bicyclic) bond motifs is 1. The summed E-state index contributed by atoms with van der Waals surface area (Å²) >= 11 is 6.14. The van der Waals surface area contributed by atoms with E-state index in [4.69, 9.17) is 21.3 Å². The Labute approximate surface area is 204 Å². The van der Waals surface area contributed by atoms with Crippen molar-refractivity contribution in [1.29, 1.82) is 0 Å². The second kappa shape index (κ2) is 9.51. The van der Waals surface area contributed by atoms with E-state index in [-0.39, 0.29) is 34.3 Å². The van der Waals surface area contributed by atoms with Gasteiger partial charge >= 0.3 is 5.97 Å². The van der Waals surface area contributed by atoms with Gasteiger partial charge in [0.1, 0.15) is 5.56 Å². The SMILES string of the molecule is CCOC(=O)c1cnn(-c2cc(C)c3cccc(C)c3n2)c1NC(=O)c1cc([N+](=O)[O-])ccc1Cl. The molecule has 4 rings (SSSR count). The van der Waals surface area contributed by atoms with E-state index in [1.165, 1.54) is 23.0 Å². The van der Waals surface area contributed by atoms with E-state index >= 15 is 0 Å². The van der Waals surface area contributed by atoms with Crippen LogP contribution in [0.5, 0.6) is 0 Å². The number of halogens is 1. The zero-order valence-corrected chi connectivity index (χ0v) is 19.8. The number of para-hydroxylation sites is 1. The topological polar surface area (TPSA) is 129 Å². The Balaban J connectivity index is 1.85. The molecular formula is C24H20ClN5O5. The molecule has 0 atom stereocenters. The number of non-ortho nitro benzene ring substituents is 1. The number of amides is 1. The molecule has 178 valence electrons. The lowest BCUT2D eigenvalue weighted by Gasteiger charge is -2.13. The number of nitro groups is 1. The quantitative estimate of drug-likeness (QED) is 0.226. The third-order valence-corrected chi connectivity index (χ3v) is 5.68. The molecule has 0 aliphatic heterocycles. The third-order valence-electron chi connectivity index (χ3n) is 5.35. The fraction of sp³-hybridized carbons (Fsp3) is 0.167. The summed E-state index contributed by atoms with van der Waals surface area (Å²) in [5.74, 6) is -1.11. The number of nitrogens with zero attached hydrogens (tertiary/aromatic N) is 4. The van der Waals surface area contributed by atoms with E-state index in [1.54, 1.807) is 13.0 Å². The monoisotopic (exact) mass is 493 g/mol. The van der Waals surface area contributed by atoms with Crippen molar-refractivity contribution >= 4 is 45.9 Å². The minimum Gasteiger partial charge on any atom is -0.462 e. The molecule has 0 saturated heterocycles. The molecule has 0 bridgehead atoms. The lowest BCUT2D eigenvalue weighted by Crippen LogP contribution is -2.19. The molecule has 35 heavy (non-hydrogen) atoms. The summed E-state index contributed by atoms with van der Waals surface area (Å²) in [5, 5.41) is 19.0. The number of rotatable bonds is 6. The van der Waals surface area contributed by atoms with Crippen LogP contribution in [0, 0.1) is 24.0 Å². The van der Waals surface area contributed by atoms with Gasteiger partial charge in [-0.3, -0.25) is 14.9 Å². The molecule has 0 unspecified atom stereocenters. The summed E-state index contributed by atoms with van der Waals surface area (Å²) < 4.78 is 6.43. The van der Waals surface area contributed by atoms with Gasteiger partial charge in [-0.15, -0.1) is 0 Å². The van der Waals surface area contributed by atoms with Crippen molar-refractivity contribution in [1.82, 2.24) is 14.8 Å². The Hall–Kier alpha value is -4.31. The van der Waals surface area contributed by atoms with Crippen LogP contribution in [0.15, 0.2) is 48.7 Å². The number of hydrogen-bond donors (Lipinski definition) is 1. The molecule has 0 aliphatic rings. The summed E-state index contributed by atoms with van der Waals surface area (Å²) in [7, 11) is 0. The maximum absolute atomic E-state index is 13.1. The maximum atomic E-state index is 13.1. The molecule has 11 heteroatoms. The molecule has 1 amide bonds. The van der Waals surface area contributed by atoms with Crippen molar-refractivity contribution < 1.29 is 19.2 Å². The fourth-order valence-electron chi connectivity index (χ4n) is 3.63. The molecule has 0 fully saturated rings. The molecule has 10 nitrogen and oxygen atoms in total. The minimum absolute atomic E-state index is 0.00384. The van der Waals surface area contributed by atoms with Gasteiger partial charge < -0.3 is 10.1 Å². The number of aryl methyl sites for hydroxylation is 2. The highest BCUT2D eigenvalue weighted by atomic mass is 35.5. The normalized spacial score (nSPS) is 10.9. The molecule has 0 saturated carbocycles. The van der Waals surface area contributed by atoms with Crippen molar-refractivity contribution in [3.8, 4) is 5.82 Å². The Morgan fingerprint density at radius 1 is 1.14 bits per heavy atom. The van der Waals surface area contributed by atoms with Gasteiger partial charge in [0.15, 0.2) is 11.6 Å². The second-order valence-electron chi connectivity index (χ2n) is 7.68. The van der Waals surface area contributed by atoms with Crippen LogP contribution in [0.1, 0.15) is 38.8 Å². The zero-order valence-electron chi connectivity index (χ0n) is 19.0. The fourth-order valence-corrected chi connectivity index (χ4v) is 3.83. The van der Waals surface area contributed by atoms with Crippen LogP contribution in [0.3, 0.4) is 0 Å². The van der Waals surface area contributed by atoms with Crippen LogP contribution in [-0.2, 0) is 4.74 Å². The number of nitro benzene ring substituents is 1. The lowest BCUT2D eigenvalue weighted by molar-refractivity contribution is -0.384. The average Bonchev–Trinajstić information content (AvgIpc) is 3.23. The number of anilines is 1. The maximum Gasteiger partial charge on any atom is 0.343 e. The Kier molecular flexibility index (Phi) is 6.48. The average molecular weight is 494 g/mol. The molecule has 2 heterocycles. The first-order chi connectivity index (χ1) is 16.7.